The molecule has 0 aromatic rings. The smallest absolute Gasteiger partial charge is 0.333 e. The van der Waals surface area contributed by atoms with E-state index >= 15 is 0 Å². The molecule has 0 saturated heterocycles. The van der Waals surface area contributed by atoms with E-state index in [1.807, 2.05) is 14.1 Å². The number of nitrogens with zero attached hydrogens (tertiary/aromatic N) is 1. The summed E-state index contributed by atoms with van der Waals surface area (Å²) in [6, 6.07) is 0. The summed E-state index contributed by atoms with van der Waals surface area (Å²) in [4.78, 5) is 21.5. The lowest BCUT2D eigenvalue weighted by Crippen LogP contribution is -2.43. The molecule has 9 nitrogen and oxygen atoms in total. The molecule has 0 spiro atoms. The summed E-state index contributed by atoms with van der Waals surface area (Å²) in [7, 11) is -0.0959. The molecule has 0 unspecified atom stereocenters. The van der Waals surface area contributed by atoms with Crippen molar-refractivity contribution in [1.82, 2.24) is 0 Å². The molecule has 0 fully saturated rings. The quantitative estimate of drug-likeness (QED) is 0.246. The highest BCUT2D eigenvalue weighted by Crippen LogP contribution is 2.02. The average Bonchev–Trinajstić information content (AvgIpc) is 2.45. The van der Waals surface area contributed by atoms with Crippen LogP contribution in [0, 0.1) is 6.92 Å². The van der Waals surface area contributed by atoms with Crippen molar-refractivity contribution < 1.29 is 42.0 Å². The Morgan fingerprint density at radius 1 is 1.00 bits per heavy atom. The van der Waals surface area contributed by atoms with E-state index < -0.39 is 16.1 Å². The Hall–Kier alpha value is -1.75. The first-order valence-corrected chi connectivity index (χ1v) is 9.54. The van der Waals surface area contributed by atoms with Gasteiger partial charge in [-0.05, 0) is 20.8 Å². The summed E-state index contributed by atoms with van der Waals surface area (Å²) in [5.41, 5.74) is 0.764. The fourth-order valence-corrected chi connectivity index (χ4v) is 2.01. The number of quaternary nitrogens is 1. The Morgan fingerprint density at radius 2 is 1.44 bits per heavy atom. The van der Waals surface area contributed by atoms with Crippen LogP contribution in [0.25, 0.3) is 0 Å². The summed E-state index contributed by atoms with van der Waals surface area (Å²) in [5.74, 6) is -1.05. The number of carbonyl (C=O) groups excluding carboxylic acids is 2. The van der Waals surface area contributed by atoms with Gasteiger partial charge >= 0.3 is 11.9 Å². The molecule has 159 valence electrons. The van der Waals surface area contributed by atoms with Crippen molar-refractivity contribution in [3.8, 4) is 0 Å². The third kappa shape index (κ3) is 20.4. The summed E-state index contributed by atoms with van der Waals surface area (Å²) < 4.78 is 39.7. The predicted molar refractivity (Wildman–Crippen MR) is 102 cm³/mol. The SMILES string of the molecule is C=C(C)C(=O)OCC[N+](C)(C)CCCS(=O)(=O)O.[CH2]COC(=O)C(=C)C.[OH-]. The number of hydrogen-bond acceptors (Lipinski definition) is 7. The largest absolute Gasteiger partial charge is 0.870 e. The third-order valence-electron chi connectivity index (χ3n) is 3.03. The van der Waals surface area contributed by atoms with Crippen molar-refractivity contribution in [3.63, 3.8) is 0 Å². The van der Waals surface area contributed by atoms with Crippen molar-refractivity contribution in [2.75, 3.05) is 46.2 Å². The molecule has 0 saturated carbocycles. The minimum atomic E-state index is -3.90. The first-order chi connectivity index (χ1) is 11.7. The zero-order chi connectivity index (χ0) is 21.0. The molecule has 0 aliphatic carbocycles. The lowest BCUT2D eigenvalue weighted by atomic mass is 10.3. The summed E-state index contributed by atoms with van der Waals surface area (Å²) in [5, 5.41) is 0. The normalized spacial score (nSPS) is 10.6. The molecule has 0 aromatic carbocycles. The van der Waals surface area contributed by atoms with E-state index in [2.05, 4.69) is 24.8 Å². The molecule has 1 radical (unpaired) electrons. The van der Waals surface area contributed by atoms with Gasteiger partial charge in [0.25, 0.3) is 10.1 Å². The Morgan fingerprint density at radius 3 is 1.78 bits per heavy atom. The average molecular weight is 411 g/mol. The first kappa shape index (κ1) is 30.0. The number of hydrogen-bond donors (Lipinski definition) is 1. The van der Waals surface area contributed by atoms with Gasteiger partial charge in [-0.3, -0.25) is 4.55 Å². The van der Waals surface area contributed by atoms with Gasteiger partial charge in [-0.2, -0.15) is 8.42 Å². The van der Waals surface area contributed by atoms with E-state index in [1.54, 1.807) is 13.8 Å². The van der Waals surface area contributed by atoms with Crippen molar-refractivity contribution >= 4 is 22.1 Å². The number of ether oxygens (including phenoxy) is 2. The molecule has 0 amide bonds. The van der Waals surface area contributed by atoms with E-state index in [1.165, 1.54) is 0 Å². The first-order valence-electron chi connectivity index (χ1n) is 7.93. The minimum Gasteiger partial charge on any atom is -0.870 e. The van der Waals surface area contributed by atoms with Gasteiger partial charge in [0.2, 0.25) is 0 Å². The van der Waals surface area contributed by atoms with Crippen LogP contribution in [-0.2, 0) is 29.2 Å². The molecule has 0 atom stereocenters. The van der Waals surface area contributed by atoms with Crippen molar-refractivity contribution in [2.45, 2.75) is 20.3 Å². The Bertz CT molecular complexity index is 596. The summed E-state index contributed by atoms with van der Waals surface area (Å²) in [6.45, 7) is 14.9. The molecular formula is C17H32NO8S. The number of esters is 2. The molecular weight excluding hydrogens is 378 g/mol. The molecule has 0 aliphatic rings. The van der Waals surface area contributed by atoms with Gasteiger partial charge in [0.1, 0.15) is 13.2 Å². The molecule has 0 bridgehead atoms. The van der Waals surface area contributed by atoms with Gasteiger partial charge in [0.05, 0.1) is 33.0 Å². The maximum absolute atomic E-state index is 11.1. The van der Waals surface area contributed by atoms with Gasteiger partial charge in [0.15, 0.2) is 0 Å². The Labute approximate surface area is 162 Å². The molecule has 0 heterocycles. The fraction of sp³-hybridized carbons (Fsp3) is 0.588. The van der Waals surface area contributed by atoms with Gasteiger partial charge in [0, 0.05) is 17.6 Å². The van der Waals surface area contributed by atoms with Gasteiger partial charge < -0.3 is 19.4 Å². The van der Waals surface area contributed by atoms with Crippen LogP contribution in [0.5, 0.6) is 0 Å². The second-order valence-electron chi connectivity index (χ2n) is 6.36. The second kappa shape index (κ2) is 14.3. The monoisotopic (exact) mass is 410 g/mol. The van der Waals surface area contributed by atoms with Crippen LogP contribution in [0.3, 0.4) is 0 Å². The van der Waals surface area contributed by atoms with E-state index in [0.29, 0.717) is 35.1 Å². The Kier molecular flexibility index (Phi) is 15.9. The Balaban J connectivity index is -0.000000542. The maximum Gasteiger partial charge on any atom is 0.333 e. The third-order valence-corrected chi connectivity index (χ3v) is 3.83. The summed E-state index contributed by atoms with van der Waals surface area (Å²) >= 11 is 0. The zero-order valence-corrected chi connectivity index (χ0v) is 17.4. The number of likely N-dealkylation sites (N-methyl/N-ethyl adjacent to an activating group) is 1. The van der Waals surface area contributed by atoms with Crippen LogP contribution in [0.1, 0.15) is 20.3 Å². The second-order valence-corrected chi connectivity index (χ2v) is 7.93. The van der Waals surface area contributed by atoms with Crippen LogP contribution < -0.4 is 0 Å². The lowest BCUT2D eigenvalue weighted by Gasteiger charge is -2.29. The van der Waals surface area contributed by atoms with Crippen molar-refractivity contribution in [3.05, 3.63) is 31.2 Å². The van der Waals surface area contributed by atoms with E-state index in [4.69, 9.17) is 9.29 Å². The van der Waals surface area contributed by atoms with E-state index in [9.17, 15) is 18.0 Å². The molecule has 10 heteroatoms. The van der Waals surface area contributed by atoms with Gasteiger partial charge in [-0.1, -0.05) is 13.2 Å². The van der Waals surface area contributed by atoms with E-state index in [0.717, 1.165) is 0 Å². The van der Waals surface area contributed by atoms with Crippen LogP contribution in [0.2, 0.25) is 0 Å². The van der Waals surface area contributed by atoms with Crippen LogP contribution >= 0.6 is 0 Å². The van der Waals surface area contributed by atoms with Crippen LogP contribution in [-0.4, -0.2) is 81.0 Å². The van der Waals surface area contributed by atoms with Crippen molar-refractivity contribution in [1.29, 1.82) is 0 Å². The number of carbonyl (C=O) groups is 2. The standard InChI is InChI=1S/C11H21NO5S.C6H9O2.H2O/c1-10(2)11(13)17-8-7-12(3,4)6-5-9-18(14,15)16;1-4-8-6(7)5(2)3;/h1,5-9H2,2-4H3;1-2,4H2,3H3;1H2. The number of rotatable bonds is 10. The highest BCUT2D eigenvalue weighted by atomic mass is 32.2. The highest BCUT2D eigenvalue weighted by Gasteiger charge is 2.17. The molecule has 27 heavy (non-hydrogen) atoms. The van der Waals surface area contributed by atoms with Gasteiger partial charge in [-0.15, -0.1) is 0 Å². The fourth-order valence-electron chi connectivity index (χ4n) is 1.51. The summed E-state index contributed by atoms with van der Waals surface area (Å²) in [6.07, 6.45) is 0.361. The topological polar surface area (TPSA) is 137 Å². The van der Waals surface area contributed by atoms with Crippen molar-refractivity contribution in [2.24, 2.45) is 0 Å². The van der Waals surface area contributed by atoms with E-state index in [-0.39, 0.29) is 30.4 Å². The highest BCUT2D eigenvalue weighted by molar-refractivity contribution is 7.85. The zero-order valence-electron chi connectivity index (χ0n) is 16.6. The lowest BCUT2D eigenvalue weighted by molar-refractivity contribution is -0.890. The molecule has 0 aromatic heterocycles. The van der Waals surface area contributed by atoms with Gasteiger partial charge in [-0.25, -0.2) is 9.59 Å². The van der Waals surface area contributed by atoms with Crippen LogP contribution in [0.4, 0.5) is 0 Å². The molecule has 0 rings (SSSR count). The molecule has 0 aliphatic heterocycles. The maximum atomic E-state index is 11.1. The molecule has 2 N–H and O–H groups in total. The predicted octanol–water partition coefficient (Wildman–Crippen LogP) is 1.22. The van der Waals surface area contributed by atoms with Crippen LogP contribution in [0.15, 0.2) is 24.3 Å². The minimum absolute atomic E-state index is 0.